The average Bonchev–Trinajstić information content (AvgIpc) is 3.81. The second-order valence-electron chi connectivity index (χ2n) is 21.7. The Bertz CT molecular complexity index is 1360. The van der Waals surface area contributed by atoms with Crippen LogP contribution in [0.3, 0.4) is 0 Å². The highest BCUT2D eigenvalue weighted by Crippen LogP contribution is 2.78. The van der Waals surface area contributed by atoms with Crippen LogP contribution in [-0.2, 0) is 14.3 Å². The molecule has 0 bridgehead atoms. The maximum atomic E-state index is 13.3. The number of carboxylic acid groups (broad SMARTS) is 1. The first-order valence-electron chi connectivity index (χ1n) is 21.4. The van der Waals surface area contributed by atoms with E-state index < -0.39 is 11.4 Å². The number of allylic oxidation sites excluding steroid dienone is 1. The van der Waals surface area contributed by atoms with Crippen molar-refractivity contribution in [3.63, 3.8) is 0 Å². The van der Waals surface area contributed by atoms with Crippen molar-refractivity contribution in [2.75, 3.05) is 32.7 Å². The molecular formula is C45H74N2O4. The summed E-state index contributed by atoms with van der Waals surface area (Å²) in [6.45, 7) is 30.0. The van der Waals surface area contributed by atoms with Gasteiger partial charge >= 0.3 is 11.9 Å². The van der Waals surface area contributed by atoms with Gasteiger partial charge in [0, 0.05) is 37.6 Å². The van der Waals surface area contributed by atoms with E-state index in [4.69, 9.17) is 4.74 Å². The fraction of sp³-hybridized carbons (Fsp3) is 0.911. The van der Waals surface area contributed by atoms with Gasteiger partial charge in [0.05, 0.1) is 12.8 Å². The number of ether oxygens (including phenoxy) is 1. The van der Waals surface area contributed by atoms with Crippen LogP contribution >= 0.6 is 0 Å². The van der Waals surface area contributed by atoms with Gasteiger partial charge in [-0.1, -0.05) is 60.6 Å². The Morgan fingerprint density at radius 1 is 0.804 bits per heavy atom. The Balaban J connectivity index is 1.08. The summed E-state index contributed by atoms with van der Waals surface area (Å²) in [7, 11) is 0. The molecule has 0 aromatic rings. The molecule has 0 aromatic carbocycles. The summed E-state index contributed by atoms with van der Waals surface area (Å²) in [4.78, 5) is 30.2. The maximum absolute atomic E-state index is 13.3. The van der Waals surface area contributed by atoms with Crippen LogP contribution in [-0.4, -0.2) is 71.7 Å². The Morgan fingerprint density at radius 3 is 2.16 bits per heavy atom. The van der Waals surface area contributed by atoms with E-state index >= 15 is 0 Å². The molecule has 1 aliphatic heterocycles. The van der Waals surface area contributed by atoms with Crippen LogP contribution in [0.5, 0.6) is 0 Å². The van der Waals surface area contributed by atoms with Gasteiger partial charge in [-0.05, 0) is 154 Å². The van der Waals surface area contributed by atoms with Crippen LogP contribution in [0.1, 0.15) is 152 Å². The molecular weight excluding hydrogens is 633 g/mol. The van der Waals surface area contributed by atoms with Gasteiger partial charge in [-0.2, -0.15) is 0 Å². The first-order chi connectivity index (χ1) is 23.9. The van der Waals surface area contributed by atoms with E-state index in [0.29, 0.717) is 34.0 Å². The summed E-state index contributed by atoms with van der Waals surface area (Å²) in [6.07, 6.45) is 17.0. The van der Waals surface area contributed by atoms with Gasteiger partial charge in [0.1, 0.15) is 6.10 Å². The molecule has 1 heterocycles. The first kappa shape index (κ1) is 37.9. The van der Waals surface area contributed by atoms with Crippen molar-refractivity contribution in [2.45, 2.75) is 164 Å². The predicted molar refractivity (Wildman–Crippen MR) is 205 cm³/mol. The molecule has 7 aliphatic rings. The van der Waals surface area contributed by atoms with Crippen LogP contribution in [0.2, 0.25) is 0 Å². The second kappa shape index (κ2) is 13.1. The fourth-order valence-electron chi connectivity index (χ4n) is 15.1. The number of carbonyl (C=O) groups excluding carboxylic acids is 1. The minimum atomic E-state index is -0.861. The highest BCUT2D eigenvalue weighted by atomic mass is 16.5. The lowest BCUT2D eigenvalue weighted by molar-refractivity contribution is -0.250. The Labute approximate surface area is 311 Å². The van der Waals surface area contributed by atoms with Crippen LogP contribution in [0.25, 0.3) is 0 Å². The number of nitrogens with zero attached hydrogens (tertiary/aromatic N) is 2. The average molecular weight is 707 g/mol. The third-order valence-electron chi connectivity index (χ3n) is 18.1. The van der Waals surface area contributed by atoms with Gasteiger partial charge in [-0.25, -0.2) is 0 Å². The lowest BCUT2D eigenvalue weighted by Crippen LogP contribution is -2.66. The summed E-state index contributed by atoms with van der Waals surface area (Å²) >= 11 is 0. The summed E-state index contributed by atoms with van der Waals surface area (Å²) in [5, 5.41) is 9.36. The number of carboxylic acids is 1. The maximum Gasteiger partial charge on any atom is 0.306 e. The summed E-state index contributed by atoms with van der Waals surface area (Å²) in [5.41, 5.74) is 2.10. The van der Waals surface area contributed by atoms with Crippen molar-refractivity contribution in [2.24, 2.45) is 62.1 Å². The van der Waals surface area contributed by atoms with E-state index in [1.54, 1.807) is 0 Å². The number of hydrogen-bond acceptors (Lipinski definition) is 5. The minimum Gasteiger partial charge on any atom is -0.481 e. The topological polar surface area (TPSA) is 70.1 Å². The number of rotatable bonds is 10. The van der Waals surface area contributed by atoms with Crippen molar-refractivity contribution in [1.29, 1.82) is 0 Å². The lowest BCUT2D eigenvalue weighted by Gasteiger charge is -2.73. The zero-order chi connectivity index (χ0) is 36.8. The smallest absolute Gasteiger partial charge is 0.306 e. The second-order valence-corrected chi connectivity index (χ2v) is 21.7. The Hall–Kier alpha value is -1.40. The molecule has 0 spiro atoms. The molecule has 0 aromatic heterocycles. The standard InChI is InChI=1S/C45H74N2O4/c1-30(2)32-14-19-45(22-23-46-24-26-47(27-25-46)31-10-11-31)21-20-43(8)33(39(32)45)12-13-35-42(7)17-16-36(41(5,6)34(42)15-18-44(35,43)9)51-38(50)29-40(3,4)28-37(48)49/h31-36,39H,1,10-29H2,2-9H3,(H,48,49)/t32-,33+,34-,35+,36-,39+,42-,43+,44+,45+/m0/s1. The zero-order valence-corrected chi connectivity index (χ0v) is 34.0. The molecule has 6 aliphatic carbocycles. The highest BCUT2D eigenvalue weighted by molar-refractivity contribution is 5.73. The monoisotopic (exact) mass is 707 g/mol. The van der Waals surface area contributed by atoms with Crippen molar-refractivity contribution < 1.29 is 19.4 Å². The highest BCUT2D eigenvalue weighted by Gasteiger charge is 2.71. The molecule has 288 valence electrons. The quantitative estimate of drug-likeness (QED) is 0.180. The first-order valence-corrected chi connectivity index (χ1v) is 21.4. The number of aliphatic carboxylic acids is 1. The van der Waals surface area contributed by atoms with E-state index in [9.17, 15) is 14.7 Å². The third-order valence-corrected chi connectivity index (χ3v) is 18.1. The van der Waals surface area contributed by atoms with Gasteiger partial charge < -0.3 is 14.7 Å². The van der Waals surface area contributed by atoms with Gasteiger partial charge in [0.15, 0.2) is 0 Å². The van der Waals surface area contributed by atoms with Gasteiger partial charge in [0.2, 0.25) is 0 Å². The van der Waals surface area contributed by atoms with Crippen molar-refractivity contribution in [3.8, 4) is 0 Å². The molecule has 0 unspecified atom stereocenters. The molecule has 51 heavy (non-hydrogen) atoms. The minimum absolute atomic E-state index is 0.0242. The van der Waals surface area contributed by atoms with Crippen LogP contribution < -0.4 is 0 Å². The Kier molecular flexibility index (Phi) is 9.75. The van der Waals surface area contributed by atoms with Gasteiger partial charge in [-0.3, -0.25) is 14.5 Å². The van der Waals surface area contributed by atoms with E-state index in [0.717, 1.165) is 30.7 Å². The normalized spacial score (nSPS) is 44.1. The molecule has 0 radical (unpaired) electrons. The number of fused-ring (bicyclic) bond motifs is 7. The molecule has 7 fully saturated rings. The molecule has 7 rings (SSSR count). The summed E-state index contributed by atoms with van der Waals surface area (Å²) in [6, 6.07) is 0.902. The molecule has 6 saturated carbocycles. The molecule has 1 N–H and O–H groups in total. The number of piperazine rings is 1. The van der Waals surface area contributed by atoms with E-state index in [1.807, 2.05) is 13.8 Å². The third kappa shape index (κ3) is 6.38. The van der Waals surface area contributed by atoms with E-state index in [1.165, 1.54) is 109 Å². The van der Waals surface area contributed by atoms with Gasteiger partial charge in [-0.15, -0.1) is 0 Å². The largest absolute Gasteiger partial charge is 0.481 e. The molecule has 0 amide bonds. The van der Waals surface area contributed by atoms with E-state index in [-0.39, 0.29) is 35.7 Å². The van der Waals surface area contributed by atoms with Crippen molar-refractivity contribution in [3.05, 3.63) is 12.2 Å². The molecule has 1 saturated heterocycles. The van der Waals surface area contributed by atoms with Crippen LogP contribution in [0.4, 0.5) is 0 Å². The number of esters is 1. The zero-order valence-electron chi connectivity index (χ0n) is 34.0. The predicted octanol–water partition coefficient (Wildman–Crippen LogP) is 9.62. The molecule has 6 heteroatoms. The summed E-state index contributed by atoms with van der Waals surface area (Å²) in [5.74, 6) is 2.35. The molecule has 6 nitrogen and oxygen atoms in total. The van der Waals surface area contributed by atoms with Crippen LogP contribution in [0, 0.1) is 62.1 Å². The van der Waals surface area contributed by atoms with Gasteiger partial charge in [0.25, 0.3) is 0 Å². The Morgan fingerprint density at radius 2 is 1.51 bits per heavy atom. The van der Waals surface area contributed by atoms with E-state index in [2.05, 4.69) is 57.9 Å². The SMILES string of the molecule is C=C(C)[C@@H]1CC[C@]2(CCN3CCN(C4CC4)CC3)CC[C@]3(C)[C@H](CC[C@@H]4[C@@]5(C)CC[C@H](OC(=O)CC(C)(C)CC(=O)O)C(C)(C)[C@@H]5CC[C@]43C)[C@@H]12. The fourth-order valence-corrected chi connectivity index (χ4v) is 15.1. The molecule has 10 atom stereocenters. The van der Waals surface area contributed by atoms with Crippen molar-refractivity contribution in [1.82, 2.24) is 9.80 Å². The number of carbonyl (C=O) groups is 2. The van der Waals surface area contributed by atoms with Crippen LogP contribution in [0.15, 0.2) is 12.2 Å². The lowest BCUT2D eigenvalue weighted by atomic mass is 9.32. The number of hydrogen-bond donors (Lipinski definition) is 1. The summed E-state index contributed by atoms with van der Waals surface area (Å²) < 4.78 is 6.32. The van der Waals surface area contributed by atoms with Crippen molar-refractivity contribution >= 4 is 11.9 Å².